The molecule has 1 spiro atoms. The Kier molecular flexibility index (Phi) is 4.56. The smallest absolute Gasteiger partial charge is 0.157 e. The van der Waals surface area contributed by atoms with Gasteiger partial charge < -0.3 is 15.0 Å². The summed E-state index contributed by atoms with van der Waals surface area (Å²) in [7, 11) is 0. The highest BCUT2D eigenvalue weighted by Gasteiger charge is 2.51. The SMILES string of the molecule is Cc1c(C#N)cccc1[C@@H](C)Nc1nnc(C)c2cc(F)c(N3CCC34COC4)cc12. The molecule has 0 unspecified atom stereocenters. The molecule has 1 atom stereocenters. The lowest BCUT2D eigenvalue weighted by molar-refractivity contribution is -0.0850. The number of ether oxygens (including phenoxy) is 1. The predicted octanol–water partition coefficient (Wildman–Crippen LogP) is 4.41. The van der Waals surface area contributed by atoms with Gasteiger partial charge in [0, 0.05) is 17.3 Å². The highest BCUT2D eigenvalue weighted by molar-refractivity contribution is 5.96. The van der Waals surface area contributed by atoms with Crippen molar-refractivity contribution in [2.24, 2.45) is 0 Å². The Morgan fingerprint density at radius 1 is 1.23 bits per heavy atom. The Bertz CT molecular complexity index is 1230. The molecule has 2 aliphatic rings. The normalized spacial score (nSPS) is 17.7. The first-order chi connectivity index (χ1) is 14.9. The highest BCUT2D eigenvalue weighted by atomic mass is 19.1. The molecule has 0 saturated carbocycles. The molecular formula is C24H24FN5O. The van der Waals surface area contributed by atoms with E-state index in [2.05, 4.69) is 26.5 Å². The molecule has 2 aromatic carbocycles. The first-order valence-electron chi connectivity index (χ1n) is 10.5. The van der Waals surface area contributed by atoms with E-state index in [9.17, 15) is 5.26 Å². The van der Waals surface area contributed by atoms with Gasteiger partial charge in [0.2, 0.25) is 0 Å². The number of anilines is 2. The third-order valence-electron chi connectivity index (χ3n) is 6.75. The average molecular weight is 417 g/mol. The van der Waals surface area contributed by atoms with Gasteiger partial charge in [0.1, 0.15) is 5.82 Å². The molecule has 2 fully saturated rings. The van der Waals surface area contributed by atoms with E-state index in [0.29, 0.717) is 36.0 Å². The van der Waals surface area contributed by atoms with Gasteiger partial charge in [0.15, 0.2) is 5.82 Å². The van der Waals surface area contributed by atoms with Crippen molar-refractivity contribution < 1.29 is 9.13 Å². The van der Waals surface area contributed by atoms with Crippen LogP contribution in [0.25, 0.3) is 10.8 Å². The van der Waals surface area contributed by atoms with E-state index in [4.69, 9.17) is 4.74 Å². The third-order valence-corrected chi connectivity index (χ3v) is 6.75. The molecule has 3 heterocycles. The molecule has 3 aromatic rings. The maximum atomic E-state index is 15.1. The van der Waals surface area contributed by atoms with Crippen molar-refractivity contribution in [1.29, 1.82) is 5.26 Å². The van der Waals surface area contributed by atoms with Crippen LogP contribution in [-0.2, 0) is 4.74 Å². The fourth-order valence-electron chi connectivity index (χ4n) is 4.68. The number of fused-ring (bicyclic) bond motifs is 1. The fraction of sp³-hybridized carbons (Fsp3) is 0.375. The van der Waals surface area contributed by atoms with E-state index in [1.807, 2.05) is 45.0 Å². The Morgan fingerprint density at radius 3 is 2.68 bits per heavy atom. The number of aryl methyl sites for hydroxylation is 1. The van der Waals surface area contributed by atoms with Crippen LogP contribution >= 0.6 is 0 Å². The summed E-state index contributed by atoms with van der Waals surface area (Å²) in [4.78, 5) is 2.12. The monoisotopic (exact) mass is 417 g/mol. The lowest BCUT2D eigenvalue weighted by atomic mass is 9.82. The van der Waals surface area contributed by atoms with Crippen molar-refractivity contribution in [2.45, 2.75) is 38.8 Å². The maximum absolute atomic E-state index is 15.1. The van der Waals surface area contributed by atoms with Gasteiger partial charge in [-0.3, -0.25) is 0 Å². The number of aromatic nitrogens is 2. The highest BCUT2D eigenvalue weighted by Crippen LogP contribution is 2.43. The van der Waals surface area contributed by atoms with Crippen molar-refractivity contribution >= 4 is 22.3 Å². The van der Waals surface area contributed by atoms with Crippen LogP contribution in [0.5, 0.6) is 0 Å². The largest absolute Gasteiger partial charge is 0.376 e. The molecule has 6 nitrogen and oxygen atoms in total. The van der Waals surface area contributed by atoms with Gasteiger partial charge in [0.25, 0.3) is 0 Å². The van der Waals surface area contributed by atoms with Crippen LogP contribution in [0.3, 0.4) is 0 Å². The first kappa shape index (κ1) is 19.7. The van der Waals surface area contributed by atoms with Crippen molar-refractivity contribution in [3.8, 4) is 6.07 Å². The van der Waals surface area contributed by atoms with Crippen LogP contribution in [0.1, 0.15) is 41.8 Å². The Balaban J connectivity index is 1.55. The lowest BCUT2D eigenvalue weighted by Gasteiger charge is -2.58. The number of nitrogens with zero attached hydrogens (tertiary/aromatic N) is 4. The second-order valence-corrected chi connectivity index (χ2v) is 8.60. The van der Waals surface area contributed by atoms with E-state index >= 15 is 4.39 Å². The number of rotatable bonds is 4. The second-order valence-electron chi connectivity index (χ2n) is 8.60. The molecule has 0 radical (unpaired) electrons. The summed E-state index contributed by atoms with van der Waals surface area (Å²) in [5.74, 6) is 0.363. The summed E-state index contributed by atoms with van der Waals surface area (Å²) >= 11 is 0. The van der Waals surface area contributed by atoms with Gasteiger partial charge in [-0.05, 0) is 56.5 Å². The Hall–Kier alpha value is -3.24. The first-order valence-corrected chi connectivity index (χ1v) is 10.5. The predicted molar refractivity (Wildman–Crippen MR) is 118 cm³/mol. The third kappa shape index (κ3) is 3.02. The topological polar surface area (TPSA) is 74.1 Å². The average Bonchev–Trinajstić information content (AvgIpc) is 2.69. The summed E-state index contributed by atoms with van der Waals surface area (Å²) < 4.78 is 20.5. The van der Waals surface area contributed by atoms with Gasteiger partial charge in [-0.1, -0.05) is 12.1 Å². The van der Waals surface area contributed by atoms with Crippen LogP contribution in [0, 0.1) is 31.0 Å². The van der Waals surface area contributed by atoms with Crippen LogP contribution in [0.2, 0.25) is 0 Å². The zero-order valence-electron chi connectivity index (χ0n) is 17.9. The molecule has 0 bridgehead atoms. The number of halogens is 1. The minimum Gasteiger partial charge on any atom is -0.376 e. The van der Waals surface area contributed by atoms with Gasteiger partial charge >= 0.3 is 0 Å². The molecule has 1 aromatic heterocycles. The van der Waals surface area contributed by atoms with Crippen molar-refractivity contribution in [1.82, 2.24) is 10.2 Å². The molecule has 2 saturated heterocycles. The van der Waals surface area contributed by atoms with Crippen LogP contribution in [0.15, 0.2) is 30.3 Å². The lowest BCUT2D eigenvalue weighted by Crippen LogP contribution is -2.71. The van der Waals surface area contributed by atoms with Crippen molar-refractivity contribution in [2.75, 3.05) is 30.0 Å². The number of benzene rings is 2. The summed E-state index contributed by atoms with van der Waals surface area (Å²) in [6, 6.07) is 11.3. The summed E-state index contributed by atoms with van der Waals surface area (Å²) in [5.41, 5.74) is 3.83. The van der Waals surface area contributed by atoms with E-state index in [1.165, 1.54) is 0 Å². The number of hydrogen-bond donors (Lipinski definition) is 1. The standard InChI is InChI=1S/C24H24FN5O/c1-14-17(11-26)5-4-6-18(14)15(2)27-23-20-10-22(30-8-7-24(30)12-31-13-24)21(25)9-19(20)16(3)28-29-23/h4-6,9-10,15H,7-8,12-13H2,1-3H3,(H,27,29)/t15-/m1/s1. The maximum Gasteiger partial charge on any atom is 0.157 e. The van der Waals surface area contributed by atoms with Crippen molar-refractivity contribution in [3.63, 3.8) is 0 Å². The molecular weight excluding hydrogens is 393 g/mol. The molecule has 7 heteroatoms. The van der Waals surface area contributed by atoms with Gasteiger partial charge in [0.05, 0.1) is 47.8 Å². The molecule has 2 aliphatic heterocycles. The molecule has 1 N–H and O–H groups in total. The zero-order chi connectivity index (χ0) is 21.8. The number of nitrogens with one attached hydrogen (secondary N) is 1. The Morgan fingerprint density at radius 2 is 2.03 bits per heavy atom. The molecule has 31 heavy (non-hydrogen) atoms. The van der Waals surface area contributed by atoms with Crippen LogP contribution in [-0.4, -0.2) is 35.5 Å². The number of hydrogen-bond acceptors (Lipinski definition) is 6. The van der Waals surface area contributed by atoms with E-state index in [0.717, 1.165) is 34.9 Å². The molecule has 0 aliphatic carbocycles. The van der Waals surface area contributed by atoms with E-state index in [1.54, 1.807) is 6.07 Å². The van der Waals surface area contributed by atoms with E-state index in [-0.39, 0.29) is 17.4 Å². The summed E-state index contributed by atoms with van der Waals surface area (Å²) in [6.07, 6.45) is 1.02. The zero-order valence-corrected chi connectivity index (χ0v) is 17.9. The quantitative estimate of drug-likeness (QED) is 0.678. The summed E-state index contributed by atoms with van der Waals surface area (Å²) in [6.45, 7) is 7.93. The second kappa shape index (κ2) is 7.17. The number of nitriles is 1. The van der Waals surface area contributed by atoms with Gasteiger partial charge in [-0.15, -0.1) is 5.10 Å². The minimum atomic E-state index is -0.244. The minimum absolute atomic E-state index is 0.0558. The fourth-order valence-corrected chi connectivity index (χ4v) is 4.68. The molecule has 0 amide bonds. The van der Waals surface area contributed by atoms with Gasteiger partial charge in [-0.2, -0.15) is 10.4 Å². The van der Waals surface area contributed by atoms with Crippen LogP contribution < -0.4 is 10.2 Å². The van der Waals surface area contributed by atoms with E-state index < -0.39 is 0 Å². The molecule has 5 rings (SSSR count). The summed E-state index contributed by atoms with van der Waals surface area (Å²) in [5, 5.41) is 23.0. The Labute approximate surface area is 180 Å². The van der Waals surface area contributed by atoms with Gasteiger partial charge in [-0.25, -0.2) is 4.39 Å². The van der Waals surface area contributed by atoms with Crippen LogP contribution in [0.4, 0.5) is 15.9 Å². The van der Waals surface area contributed by atoms with Crippen molar-refractivity contribution in [3.05, 3.63) is 58.5 Å². The molecule has 158 valence electrons.